The minimum Gasteiger partial charge on any atom is -0.454 e. The largest absolute Gasteiger partial charge is 0.454 e. The molecule has 172 valence electrons. The lowest BCUT2D eigenvalue weighted by atomic mass is 10.2. The molecule has 33 heavy (non-hydrogen) atoms. The second-order valence-corrected chi connectivity index (χ2v) is 8.25. The molecule has 2 amide bonds. The second-order valence-electron chi connectivity index (χ2n) is 8.25. The van der Waals surface area contributed by atoms with Crippen LogP contribution in [0.3, 0.4) is 0 Å². The molecule has 2 heterocycles. The maximum absolute atomic E-state index is 13.2. The lowest BCUT2D eigenvalue weighted by molar-refractivity contribution is -0.121. The third-order valence-corrected chi connectivity index (χ3v) is 5.17. The monoisotopic (exact) mass is 450 g/mol. The zero-order chi connectivity index (χ0) is 23.4. The van der Waals surface area contributed by atoms with E-state index in [2.05, 4.69) is 15.6 Å². The van der Waals surface area contributed by atoms with Gasteiger partial charge in [-0.05, 0) is 30.2 Å². The number of hydrogen-bond acceptors (Lipinski definition) is 6. The number of aryl methyl sites for hydroxylation is 1. The van der Waals surface area contributed by atoms with Gasteiger partial charge in [-0.25, -0.2) is 4.98 Å². The Morgan fingerprint density at radius 3 is 2.70 bits per heavy atom. The van der Waals surface area contributed by atoms with Crippen molar-refractivity contribution in [3.8, 4) is 11.5 Å². The van der Waals surface area contributed by atoms with Crippen LogP contribution in [0.4, 0.5) is 5.69 Å². The molecule has 9 heteroatoms. The summed E-state index contributed by atoms with van der Waals surface area (Å²) >= 11 is 0. The number of aromatic nitrogens is 2. The Bertz CT molecular complexity index is 1250. The van der Waals surface area contributed by atoms with Crippen LogP contribution in [0.25, 0.3) is 11.0 Å². The summed E-state index contributed by atoms with van der Waals surface area (Å²) in [5.41, 5.74) is 1.55. The van der Waals surface area contributed by atoms with Crippen molar-refractivity contribution >= 4 is 28.5 Å². The highest BCUT2D eigenvalue weighted by molar-refractivity contribution is 5.92. The first kappa shape index (κ1) is 22.3. The zero-order valence-electron chi connectivity index (χ0n) is 18.6. The Morgan fingerprint density at radius 2 is 1.88 bits per heavy atom. The molecule has 3 aromatic rings. The summed E-state index contributed by atoms with van der Waals surface area (Å²) in [4.78, 5) is 42.5. The van der Waals surface area contributed by atoms with E-state index in [-0.39, 0.29) is 49.2 Å². The number of benzene rings is 2. The molecule has 0 saturated carbocycles. The van der Waals surface area contributed by atoms with Crippen molar-refractivity contribution in [1.82, 2.24) is 14.9 Å². The van der Waals surface area contributed by atoms with Crippen LogP contribution in [0.1, 0.15) is 26.0 Å². The molecule has 0 radical (unpaired) electrons. The van der Waals surface area contributed by atoms with Gasteiger partial charge in [-0.3, -0.25) is 19.0 Å². The summed E-state index contributed by atoms with van der Waals surface area (Å²) in [6, 6.07) is 12.2. The van der Waals surface area contributed by atoms with Gasteiger partial charge in [0.1, 0.15) is 12.2 Å². The van der Waals surface area contributed by atoms with E-state index in [0.717, 1.165) is 0 Å². The van der Waals surface area contributed by atoms with Gasteiger partial charge in [-0.2, -0.15) is 0 Å². The Kier molecular flexibility index (Phi) is 6.58. The average molecular weight is 450 g/mol. The van der Waals surface area contributed by atoms with Crippen LogP contribution < -0.4 is 25.7 Å². The Morgan fingerprint density at radius 1 is 1.09 bits per heavy atom. The predicted molar refractivity (Wildman–Crippen MR) is 123 cm³/mol. The van der Waals surface area contributed by atoms with E-state index in [4.69, 9.17) is 9.47 Å². The molecular weight excluding hydrogens is 424 g/mol. The van der Waals surface area contributed by atoms with Crippen LogP contribution in [0, 0.1) is 5.92 Å². The normalized spacial score (nSPS) is 12.2. The van der Waals surface area contributed by atoms with E-state index in [1.807, 2.05) is 19.9 Å². The fourth-order valence-corrected chi connectivity index (χ4v) is 3.52. The molecule has 1 aliphatic rings. The number of carbonyl (C=O) groups is 2. The molecule has 0 fully saturated rings. The van der Waals surface area contributed by atoms with Crippen LogP contribution in [-0.4, -0.2) is 34.7 Å². The van der Waals surface area contributed by atoms with Gasteiger partial charge in [0.05, 0.1) is 11.0 Å². The predicted octanol–water partition coefficient (Wildman–Crippen LogP) is 2.47. The van der Waals surface area contributed by atoms with Gasteiger partial charge in [-0.15, -0.1) is 0 Å². The first-order valence-corrected chi connectivity index (χ1v) is 10.9. The number of nitrogens with zero attached hydrogens (tertiary/aromatic N) is 2. The number of anilines is 1. The maximum Gasteiger partial charge on any atom is 0.273 e. The Labute approximate surface area is 190 Å². The highest BCUT2D eigenvalue weighted by Gasteiger charge is 2.17. The fraction of sp³-hybridized carbons (Fsp3) is 0.333. The number of para-hydroxylation sites is 2. The summed E-state index contributed by atoms with van der Waals surface area (Å²) < 4.78 is 12.0. The highest BCUT2D eigenvalue weighted by Crippen LogP contribution is 2.34. The van der Waals surface area contributed by atoms with Crippen molar-refractivity contribution < 1.29 is 19.1 Å². The molecule has 2 aromatic carbocycles. The Hall–Kier alpha value is -3.88. The van der Waals surface area contributed by atoms with Gasteiger partial charge in [0.2, 0.25) is 18.6 Å². The minimum atomic E-state index is -0.383. The van der Waals surface area contributed by atoms with Crippen LogP contribution in [-0.2, 0) is 22.6 Å². The van der Waals surface area contributed by atoms with E-state index in [9.17, 15) is 14.4 Å². The van der Waals surface area contributed by atoms with Gasteiger partial charge < -0.3 is 20.1 Å². The molecule has 1 aliphatic heterocycles. The van der Waals surface area contributed by atoms with E-state index in [1.54, 1.807) is 36.4 Å². The van der Waals surface area contributed by atoms with Gasteiger partial charge in [0.15, 0.2) is 11.5 Å². The standard InChI is InChI=1S/C24H26N4O5/c1-15(2)12-25-22(29)10-8-18-24(31)28(19-6-4-3-5-17(19)27-18)13-23(30)26-16-7-9-20-21(11-16)33-14-32-20/h3-7,9,11,15H,8,10,12-14H2,1-2H3,(H,25,29)(H,26,30). The smallest absolute Gasteiger partial charge is 0.273 e. The van der Waals surface area contributed by atoms with E-state index in [1.165, 1.54) is 4.57 Å². The van der Waals surface area contributed by atoms with Crippen molar-refractivity contribution in [2.75, 3.05) is 18.7 Å². The molecule has 9 nitrogen and oxygen atoms in total. The molecule has 4 rings (SSSR count). The zero-order valence-corrected chi connectivity index (χ0v) is 18.6. The Balaban J connectivity index is 1.53. The third kappa shape index (κ3) is 5.31. The van der Waals surface area contributed by atoms with Gasteiger partial charge in [0, 0.05) is 31.1 Å². The average Bonchev–Trinajstić information content (AvgIpc) is 3.26. The van der Waals surface area contributed by atoms with Crippen molar-refractivity contribution in [3.63, 3.8) is 0 Å². The van der Waals surface area contributed by atoms with E-state index < -0.39 is 0 Å². The molecule has 0 atom stereocenters. The van der Waals surface area contributed by atoms with Gasteiger partial charge in [-0.1, -0.05) is 26.0 Å². The molecule has 2 N–H and O–H groups in total. The molecule has 0 saturated heterocycles. The van der Waals surface area contributed by atoms with Gasteiger partial charge >= 0.3 is 0 Å². The maximum atomic E-state index is 13.2. The van der Waals surface area contributed by atoms with Crippen LogP contribution in [0.2, 0.25) is 0 Å². The number of hydrogen-bond donors (Lipinski definition) is 2. The SMILES string of the molecule is CC(C)CNC(=O)CCc1nc2ccccc2n(CC(=O)Nc2ccc3c(c2)OCO3)c1=O. The van der Waals surface area contributed by atoms with Gasteiger partial charge in [0.25, 0.3) is 5.56 Å². The molecular formula is C24H26N4O5. The number of nitrogens with one attached hydrogen (secondary N) is 2. The molecule has 0 spiro atoms. The summed E-state index contributed by atoms with van der Waals surface area (Å²) in [6.45, 7) is 4.55. The van der Waals surface area contributed by atoms with Crippen LogP contribution in [0.5, 0.6) is 11.5 Å². The third-order valence-electron chi connectivity index (χ3n) is 5.17. The summed E-state index contributed by atoms with van der Waals surface area (Å²) in [5, 5.41) is 5.63. The number of carbonyl (C=O) groups excluding carboxylic acids is 2. The molecule has 1 aromatic heterocycles. The summed E-state index contributed by atoms with van der Waals surface area (Å²) in [5.74, 6) is 1.01. The highest BCUT2D eigenvalue weighted by atomic mass is 16.7. The minimum absolute atomic E-state index is 0.134. The van der Waals surface area contributed by atoms with Crippen LogP contribution >= 0.6 is 0 Å². The lowest BCUT2D eigenvalue weighted by Gasteiger charge is -2.13. The van der Waals surface area contributed by atoms with Crippen molar-refractivity contribution in [2.45, 2.75) is 33.2 Å². The fourth-order valence-electron chi connectivity index (χ4n) is 3.52. The van der Waals surface area contributed by atoms with Crippen LogP contribution in [0.15, 0.2) is 47.3 Å². The first-order chi connectivity index (χ1) is 15.9. The number of rotatable bonds is 8. The lowest BCUT2D eigenvalue weighted by Crippen LogP contribution is -2.32. The van der Waals surface area contributed by atoms with Crippen molar-refractivity contribution in [2.24, 2.45) is 5.92 Å². The number of amides is 2. The second kappa shape index (κ2) is 9.72. The van der Waals surface area contributed by atoms with E-state index in [0.29, 0.717) is 40.7 Å². The quantitative estimate of drug-likeness (QED) is 0.545. The molecule has 0 aliphatic carbocycles. The van der Waals surface area contributed by atoms with Crippen molar-refractivity contribution in [3.05, 3.63) is 58.5 Å². The summed E-state index contributed by atoms with van der Waals surface area (Å²) in [7, 11) is 0. The molecule has 0 unspecified atom stereocenters. The first-order valence-electron chi connectivity index (χ1n) is 10.9. The summed E-state index contributed by atoms with van der Waals surface area (Å²) in [6.07, 6.45) is 0.341. The van der Waals surface area contributed by atoms with Crippen molar-refractivity contribution in [1.29, 1.82) is 0 Å². The topological polar surface area (TPSA) is 112 Å². The number of ether oxygens (including phenoxy) is 2. The van der Waals surface area contributed by atoms with E-state index >= 15 is 0 Å². The molecule has 0 bridgehead atoms. The number of fused-ring (bicyclic) bond motifs is 2.